The lowest BCUT2D eigenvalue weighted by atomic mass is 10.1. The summed E-state index contributed by atoms with van der Waals surface area (Å²) >= 11 is 0. The van der Waals surface area contributed by atoms with E-state index in [4.69, 9.17) is 18.5 Å². The van der Waals surface area contributed by atoms with Crippen molar-refractivity contribution >= 4 is 19.8 Å². The van der Waals surface area contributed by atoms with Gasteiger partial charge in [0.05, 0.1) is 27.7 Å². The number of allylic oxidation sites excluding steroid dienone is 6. The highest BCUT2D eigenvalue weighted by Crippen LogP contribution is 2.43. The van der Waals surface area contributed by atoms with Crippen LogP contribution in [0.4, 0.5) is 0 Å². The van der Waals surface area contributed by atoms with E-state index in [9.17, 15) is 19.0 Å². The van der Waals surface area contributed by atoms with Crippen molar-refractivity contribution in [2.24, 2.45) is 0 Å². The van der Waals surface area contributed by atoms with Crippen molar-refractivity contribution in [3.8, 4) is 0 Å². The summed E-state index contributed by atoms with van der Waals surface area (Å²) in [6.45, 7) is 4.38. The van der Waals surface area contributed by atoms with Crippen LogP contribution < -0.4 is 0 Å². The first-order chi connectivity index (χ1) is 28.0. The number of carbonyl (C=O) groups is 2. The zero-order valence-corrected chi connectivity index (χ0v) is 39.2. The van der Waals surface area contributed by atoms with Crippen molar-refractivity contribution in [1.29, 1.82) is 0 Å². The Labute approximate surface area is 357 Å². The largest absolute Gasteiger partial charge is 0.472 e. The molecule has 0 spiro atoms. The van der Waals surface area contributed by atoms with Crippen LogP contribution in [0.1, 0.15) is 206 Å². The van der Waals surface area contributed by atoms with E-state index in [1.165, 1.54) is 128 Å². The van der Waals surface area contributed by atoms with Crippen molar-refractivity contribution in [1.82, 2.24) is 0 Å². The monoisotopic (exact) mass is 841 g/mol. The van der Waals surface area contributed by atoms with Gasteiger partial charge in [0.2, 0.25) is 0 Å². The molecule has 0 aromatic heterocycles. The van der Waals surface area contributed by atoms with Crippen LogP contribution in [-0.2, 0) is 32.7 Å². The number of quaternary nitrogens is 1. The topological polar surface area (TPSA) is 108 Å². The summed E-state index contributed by atoms with van der Waals surface area (Å²) in [5.74, 6) is -0.802. The Balaban J connectivity index is 4.29. The number of ether oxygens (including phenoxy) is 2. The number of hydrogen-bond acceptors (Lipinski definition) is 7. The Hall–Kier alpha value is -1.77. The maximum atomic E-state index is 12.7. The highest BCUT2D eigenvalue weighted by Gasteiger charge is 2.27. The zero-order valence-electron chi connectivity index (χ0n) is 38.3. The third kappa shape index (κ3) is 43.8. The lowest BCUT2D eigenvalue weighted by Crippen LogP contribution is -2.37. The summed E-state index contributed by atoms with van der Waals surface area (Å²) in [5, 5.41) is 0. The molecule has 0 bridgehead atoms. The first-order valence-electron chi connectivity index (χ1n) is 23.7. The molecule has 2 atom stereocenters. The predicted molar refractivity (Wildman–Crippen MR) is 243 cm³/mol. The van der Waals surface area contributed by atoms with Gasteiger partial charge in [0.1, 0.15) is 19.8 Å². The number of nitrogens with zero attached hydrogens (tertiary/aromatic N) is 1. The van der Waals surface area contributed by atoms with Gasteiger partial charge in [0.25, 0.3) is 0 Å². The molecule has 0 saturated heterocycles. The molecule has 0 radical (unpaired) electrons. The van der Waals surface area contributed by atoms with E-state index in [1.54, 1.807) is 0 Å². The molecule has 0 rings (SSSR count). The lowest BCUT2D eigenvalue weighted by molar-refractivity contribution is -0.870. The Kier molecular flexibility index (Phi) is 39.4. The van der Waals surface area contributed by atoms with E-state index in [0.29, 0.717) is 17.4 Å². The third-order valence-corrected chi connectivity index (χ3v) is 11.1. The van der Waals surface area contributed by atoms with Crippen LogP contribution in [0.25, 0.3) is 0 Å². The molecule has 0 amide bonds. The summed E-state index contributed by atoms with van der Waals surface area (Å²) in [6.07, 6.45) is 46.1. The normalized spacial score (nSPS) is 13.8. The maximum absolute atomic E-state index is 12.7. The fraction of sp³-hybridized carbons (Fsp3) is 0.833. The summed E-state index contributed by atoms with van der Waals surface area (Å²) in [5.41, 5.74) is 0. The van der Waals surface area contributed by atoms with E-state index < -0.39 is 26.5 Å². The van der Waals surface area contributed by atoms with Crippen molar-refractivity contribution in [2.45, 2.75) is 213 Å². The van der Waals surface area contributed by atoms with Crippen molar-refractivity contribution < 1.29 is 42.1 Å². The van der Waals surface area contributed by atoms with E-state index in [0.717, 1.165) is 44.9 Å². The fourth-order valence-corrected chi connectivity index (χ4v) is 7.12. The minimum absolute atomic E-state index is 0.0308. The second-order valence-corrected chi connectivity index (χ2v) is 18.6. The van der Waals surface area contributed by atoms with Crippen LogP contribution in [0.3, 0.4) is 0 Å². The number of rotatable bonds is 43. The second kappa shape index (κ2) is 40.6. The van der Waals surface area contributed by atoms with Gasteiger partial charge in [0, 0.05) is 12.8 Å². The Morgan fingerprint density at radius 1 is 0.534 bits per heavy atom. The van der Waals surface area contributed by atoms with Gasteiger partial charge in [-0.25, -0.2) is 4.57 Å². The number of phosphoric ester groups is 1. The van der Waals surface area contributed by atoms with Crippen molar-refractivity contribution in [3.63, 3.8) is 0 Å². The van der Waals surface area contributed by atoms with Crippen molar-refractivity contribution in [2.75, 3.05) is 47.5 Å². The summed E-state index contributed by atoms with van der Waals surface area (Å²) in [4.78, 5) is 35.4. The molecule has 9 nitrogen and oxygen atoms in total. The fourth-order valence-electron chi connectivity index (χ4n) is 6.38. The van der Waals surface area contributed by atoms with Gasteiger partial charge in [-0.3, -0.25) is 18.6 Å². The predicted octanol–water partition coefficient (Wildman–Crippen LogP) is 13.7. The van der Waals surface area contributed by atoms with Gasteiger partial charge < -0.3 is 18.9 Å². The van der Waals surface area contributed by atoms with E-state index in [2.05, 4.69) is 50.3 Å². The first kappa shape index (κ1) is 56.2. The van der Waals surface area contributed by atoms with Crippen LogP contribution in [-0.4, -0.2) is 74.9 Å². The van der Waals surface area contributed by atoms with Crippen LogP contribution in [0, 0.1) is 0 Å². The number of hydrogen-bond donors (Lipinski definition) is 1. The molecule has 0 heterocycles. The van der Waals surface area contributed by atoms with Gasteiger partial charge in [-0.1, -0.05) is 166 Å². The van der Waals surface area contributed by atoms with Crippen molar-refractivity contribution in [3.05, 3.63) is 36.5 Å². The van der Waals surface area contributed by atoms with Crippen LogP contribution in [0.2, 0.25) is 0 Å². The first-order valence-corrected chi connectivity index (χ1v) is 25.2. The zero-order chi connectivity index (χ0) is 42.8. The summed E-state index contributed by atoms with van der Waals surface area (Å²) in [7, 11) is 1.47. The molecule has 1 unspecified atom stereocenters. The number of likely N-dealkylation sites (N-methyl/N-ethyl adjacent to an activating group) is 1. The molecule has 0 aliphatic carbocycles. The minimum atomic E-state index is -4.38. The molecular weight excluding hydrogens is 750 g/mol. The van der Waals surface area contributed by atoms with E-state index in [1.807, 2.05) is 21.1 Å². The molecule has 1 N–H and O–H groups in total. The van der Waals surface area contributed by atoms with Gasteiger partial charge in [-0.05, 0) is 64.2 Å². The highest BCUT2D eigenvalue weighted by atomic mass is 31.2. The van der Waals surface area contributed by atoms with E-state index in [-0.39, 0.29) is 32.0 Å². The van der Waals surface area contributed by atoms with Gasteiger partial charge >= 0.3 is 19.8 Å². The van der Waals surface area contributed by atoms with Crippen LogP contribution >= 0.6 is 7.82 Å². The number of carbonyl (C=O) groups excluding carboxylic acids is 2. The van der Waals surface area contributed by atoms with Crippen LogP contribution in [0.5, 0.6) is 0 Å². The Morgan fingerprint density at radius 3 is 1.43 bits per heavy atom. The number of phosphoric acid groups is 1. The molecule has 0 aliphatic rings. The van der Waals surface area contributed by atoms with Gasteiger partial charge in [-0.15, -0.1) is 0 Å². The molecule has 0 fully saturated rings. The second-order valence-electron chi connectivity index (χ2n) is 17.1. The highest BCUT2D eigenvalue weighted by molar-refractivity contribution is 7.47. The smallest absolute Gasteiger partial charge is 0.462 e. The standard InChI is InChI=1S/C48H90NO8P/c1-6-8-10-12-14-16-18-20-22-23-24-25-27-28-30-32-34-36-38-40-47(50)54-44-46(45-56-58(52,53)55-43-42-49(3,4)5)57-48(51)41-39-37-35-33-31-29-26-21-19-17-15-13-11-9-7-2/h13-16,20,22,46H,6-12,17-19,21,23-45H2,1-5H3/p+1/b15-13+,16-14+,22-20+/t46-/m1/s1. The van der Waals surface area contributed by atoms with Crippen LogP contribution in [0.15, 0.2) is 36.5 Å². The molecule has 0 aromatic carbocycles. The molecule has 58 heavy (non-hydrogen) atoms. The Bertz CT molecular complexity index is 1090. The molecule has 10 heteroatoms. The Morgan fingerprint density at radius 2 is 0.948 bits per heavy atom. The van der Waals surface area contributed by atoms with E-state index >= 15 is 0 Å². The number of unbranched alkanes of at least 4 members (excludes halogenated alkanes) is 23. The SMILES string of the molecule is CCCC/C=C/CCCCCCCCCCCC(=O)O[C@H](COC(=O)CCCCCCCCCCC/C=C/C/C=C/CCCCC)COP(=O)(O)OCC[N+](C)(C)C. The molecule has 0 aromatic rings. The summed E-state index contributed by atoms with van der Waals surface area (Å²) in [6, 6.07) is 0. The lowest BCUT2D eigenvalue weighted by Gasteiger charge is -2.24. The van der Waals surface area contributed by atoms with Gasteiger partial charge in [0.15, 0.2) is 6.10 Å². The molecule has 0 aliphatic heterocycles. The molecule has 340 valence electrons. The minimum Gasteiger partial charge on any atom is -0.462 e. The number of esters is 2. The average molecular weight is 841 g/mol. The molecular formula is C48H91NO8P+. The average Bonchev–Trinajstić information content (AvgIpc) is 3.17. The quantitative estimate of drug-likeness (QED) is 0.0213. The van der Waals surface area contributed by atoms with Gasteiger partial charge in [-0.2, -0.15) is 0 Å². The molecule has 0 saturated carbocycles. The maximum Gasteiger partial charge on any atom is 0.472 e. The summed E-state index contributed by atoms with van der Waals surface area (Å²) < 4.78 is 34.4. The third-order valence-electron chi connectivity index (χ3n) is 10.1.